The lowest BCUT2D eigenvalue weighted by molar-refractivity contribution is -0.134. The summed E-state index contributed by atoms with van der Waals surface area (Å²) >= 11 is 0. The van der Waals surface area contributed by atoms with Gasteiger partial charge in [-0.1, -0.05) is 24.3 Å². The number of rotatable bonds is 5. The third-order valence-corrected chi connectivity index (χ3v) is 5.15. The Morgan fingerprint density at radius 2 is 2.07 bits per heavy atom. The topological polar surface area (TPSA) is 98.3 Å². The van der Waals surface area contributed by atoms with Crippen LogP contribution >= 0.6 is 0 Å². The molecule has 0 bridgehead atoms. The number of carboxylic acid groups (broad SMARTS) is 1. The van der Waals surface area contributed by atoms with Crippen LogP contribution in [0.3, 0.4) is 0 Å². The summed E-state index contributed by atoms with van der Waals surface area (Å²) in [5.41, 5.74) is 4.00. The summed E-state index contributed by atoms with van der Waals surface area (Å²) in [5.74, 6) is -0.293. The monoisotopic (exact) mass is 378 g/mol. The molecule has 0 aliphatic carbocycles. The van der Waals surface area contributed by atoms with Gasteiger partial charge < -0.3 is 20.3 Å². The number of aryl methyl sites for hydroxylation is 1. The number of para-hydroxylation sites is 2. The van der Waals surface area contributed by atoms with E-state index in [-0.39, 0.29) is 18.5 Å². The summed E-state index contributed by atoms with van der Waals surface area (Å²) in [6.45, 7) is 2.43. The molecule has 0 unspecified atom stereocenters. The molecule has 2 heterocycles. The molecule has 1 aliphatic rings. The number of H-pyrrole nitrogens is 1. The highest BCUT2D eigenvalue weighted by atomic mass is 16.4. The minimum absolute atomic E-state index is 0.117. The molecule has 28 heavy (non-hydrogen) atoms. The number of carbonyl (C=O) groups excluding carboxylic acids is 1. The number of anilines is 1. The first kappa shape index (κ1) is 18.0. The van der Waals surface area contributed by atoms with E-state index in [4.69, 9.17) is 10.1 Å². The van der Waals surface area contributed by atoms with E-state index >= 15 is 0 Å². The Morgan fingerprint density at radius 3 is 2.86 bits per heavy atom. The van der Waals surface area contributed by atoms with Crippen molar-refractivity contribution in [2.45, 2.75) is 25.8 Å². The third kappa shape index (κ3) is 3.31. The highest BCUT2D eigenvalue weighted by molar-refractivity contribution is 6.00. The molecule has 2 aromatic carbocycles. The largest absolute Gasteiger partial charge is 0.480 e. The van der Waals surface area contributed by atoms with Crippen molar-refractivity contribution in [3.63, 3.8) is 0 Å². The fraction of sp³-hybridized carbons (Fsp3) is 0.286. The summed E-state index contributed by atoms with van der Waals surface area (Å²) < 4.78 is 0. The van der Waals surface area contributed by atoms with Crippen molar-refractivity contribution < 1.29 is 14.7 Å². The van der Waals surface area contributed by atoms with Gasteiger partial charge in [-0.15, -0.1) is 0 Å². The van der Waals surface area contributed by atoms with Crippen LogP contribution in [0.1, 0.15) is 40.6 Å². The molecule has 1 amide bonds. The number of imidazole rings is 1. The Labute approximate surface area is 162 Å². The number of hydrogen-bond acceptors (Lipinski definition) is 4. The number of fused-ring (bicyclic) bond motifs is 1. The third-order valence-electron chi connectivity index (χ3n) is 5.15. The number of nitrogens with one attached hydrogen (secondary N) is 2. The Kier molecular flexibility index (Phi) is 4.73. The van der Waals surface area contributed by atoms with Gasteiger partial charge in [0.15, 0.2) is 0 Å². The van der Waals surface area contributed by atoms with Crippen LogP contribution in [0.25, 0.3) is 11.0 Å². The number of nitrogens with zero attached hydrogens (tertiary/aromatic N) is 2. The van der Waals surface area contributed by atoms with E-state index in [1.54, 1.807) is 24.3 Å². The Bertz CT molecular complexity index is 1040. The van der Waals surface area contributed by atoms with Crippen LogP contribution in [0.15, 0.2) is 42.5 Å². The minimum atomic E-state index is -0.973. The van der Waals surface area contributed by atoms with Crippen LogP contribution in [0.4, 0.5) is 5.69 Å². The van der Waals surface area contributed by atoms with Crippen molar-refractivity contribution in [1.29, 1.82) is 0 Å². The van der Waals surface area contributed by atoms with Crippen molar-refractivity contribution in [3.05, 3.63) is 59.4 Å². The highest BCUT2D eigenvalue weighted by Gasteiger charge is 2.33. The zero-order valence-electron chi connectivity index (χ0n) is 15.6. The minimum Gasteiger partial charge on any atom is -0.480 e. The lowest BCUT2D eigenvalue weighted by Crippen LogP contribution is -2.32. The molecule has 144 valence electrons. The number of benzene rings is 2. The molecule has 7 nitrogen and oxygen atoms in total. The molecule has 0 radical (unpaired) electrons. The first-order chi connectivity index (χ1) is 13.5. The van der Waals surface area contributed by atoms with Gasteiger partial charge in [0.1, 0.15) is 12.4 Å². The fourth-order valence-electron chi connectivity index (χ4n) is 3.80. The van der Waals surface area contributed by atoms with Crippen molar-refractivity contribution in [2.75, 3.05) is 18.4 Å². The number of amides is 1. The van der Waals surface area contributed by atoms with Gasteiger partial charge >= 0.3 is 5.97 Å². The summed E-state index contributed by atoms with van der Waals surface area (Å²) in [5, 5.41) is 11.8. The number of aliphatic carboxylic acids is 1. The number of aromatic nitrogens is 2. The predicted octanol–water partition coefficient (Wildman–Crippen LogP) is 3.35. The van der Waals surface area contributed by atoms with E-state index in [0.29, 0.717) is 17.8 Å². The van der Waals surface area contributed by atoms with Gasteiger partial charge in [0.05, 0.1) is 22.6 Å². The van der Waals surface area contributed by atoms with Gasteiger partial charge in [0, 0.05) is 12.2 Å². The molecule has 1 atom stereocenters. The van der Waals surface area contributed by atoms with Gasteiger partial charge in [0.2, 0.25) is 0 Å². The van der Waals surface area contributed by atoms with Gasteiger partial charge in [-0.3, -0.25) is 9.59 Å². The van der Waals surface area contributed by atoms with Crippen LogP contribution in [-0.2, 0) is 4.79 Å². The van der Waals surface area contributed by atoms with Crippen LogP contribution in [-0.4, -0.2) is 44.9 Å². The Morgan fingerprint density at radius 1 is 1.25 bits per heavy atom. The molecule has 4 rings (SSSR count). The molecule has 0 saturated carbocycles. The molecule has 1 fully saturated rings. The van der Waals surface area contributed by atoms with Crippen LogP contribution in [0, 0.1) is 6.92 Å². The average molecular weight is 378 g/mol. The maximum absolute atomic E-state index is 13.3. The van der Waals surface area contributed by atoms with Crippen molar-refractivity contribution in [2.24, 2.45) is 0 Å². The summed E-state index contributed by atoms with van der Waals surface area (Å²) in [4.78, 5) is 34.1. The molecule has 1 aliphatic heterocycles. The molecule has 1 aromatic heterocycles. The van der Waals surface area contributed by atoms with Gasteiger partial charge in [-0.2, -0.15) is 0 Å². The number of aromatic amines is 1. The van der Waals surface area contributed by atoms with Crippen LogP contribution in [0.2, 0.25) is 0 Å². The van der Waals surface area contributed by atoms with E-state index < -0.39 is 5.97 Å². The quantitative estimate of drug-likeness (QED) is 0.632. The lowest BCUT2D eigenvalue weighted by Gasteiger charge is -2.24. The van der Waals surface area contributed by atoms with E-state index in [1.165, 1.54) is 0 Å². The maximum Gasteiger partial charge on any atom is 0.322 e. The second-order valence-electron chi connectivity index (χ2n) is 7.04. The average Bonchev–Trinajstić information content (AvgIpc) is 3.33. The van der Waals surface area contributed by atoms with E-state index in [2.05, 4.69) is 10.3 Å². The lowest BCUT2D eigenvalue weighted by atomic mass is 10.1. The van der Waals surface area contributed by atoms with E-state index in [0.717, 1.165) is 35.3 Å². The zero-order valence-corrected chi connectivity index (χ0v) is 15.6. The molecule has 3 aromatic rings. The second kappa shape index (κ2) is 7.34. The zero-order chi connectivity index (χ0) is 19.7. The van der Waals surface area contributed by atoms with Gasteiger partial charge in [-0.25, -0.2) is 4.98 Å². The predicted molar refractivity (Wildman–Crippen MR) is 106 cm³/mol. The molecular weight excluding hydrogens is 356 g/mol. The first-order valence-corrected chi connectivity index (χ1v) is 9.35. The molecule has 3 N–H and O–H groups in total. The fourth-order valence-corrected chi connectivity index (χ4v) is 3.80. The van der Waals surface area contributed by atoms with Crippen LogP contribution in [0.5, 0.6) is 0 Å². The molecular formula is C21H22N4O3. The molecule has 1 saturated heterocycles. The van der Waals surface area contributed by atoms with E-state index in [9.17, 15) is 9.59 Å². The maximum atomic E-state index is 13.3. The molecule has 7 heteroatoms. The smallest absolute Gasteiger partial charge is 0.322 e. The first-order valence-electron chi connectivity index (χ1n) is 9.35. The molecule has 0 spiro atoms. The van der Waals surface area contributed by atoms with Crippen LogP contribution < -0.4 is 5.32 Å². The highest BCUT2D eigenvalue weighted by Crippen LogP contribution is 2.34. The SMILES string of the molecule is Cc1cccc2[nH]c([C@@H]3CCCN3C(=O)c3ccccc3NCC(=O)O)nc12. The van der Waals surface area contributed by atoms with Crippen molar-refractivity contribution in [1.82, 2.24) is 14.9 Å². The normalized spacial score (nSPS) is 16.5. The summed E-state index contributed by atoms with van der Waals surface area (Å²) in [7, 11) is 0. The Hall–Kier alpha value is -3.35. The summed E-state index contributed by atoms with van der Waals surface area (Å²) in [6, 6.07) is 12.9. The number of carboxylic acids is 1. The standard InChI is InChI=1S/C21H22N4O3/c1-13-6-4-9-16-19(13)24-20(23-16)17-10-5-11-25(17)21(28)14-7-2-3-8-15(14)22-12-18(26)27/h2-4,6-9,17,22H,5,10-12H2,1H3,(H,23,24)(H,26,27)/t17-/m0/s1. The number of likely N-dealkylation sites (tertiary alicyclic amines) is 1. The summed E-state index contributed by atoms with van der Waals surface area (Å²) in [6.07, 6.45) is 1.74. The number of hydrogen-bond donors (Lipinski definition) is 3. The van der Waals surface area contributed by atoms with Gasteiger partial charge in [0.25, 0.3) is 5.91 Å². The second-order valence-corrected chi connectivity index (χ2v) is 7.04. The number of carbonyl (C=O) groups is 2. The van der Waals surface area contributed by atoms with Gasteiger partial charge in [-0.05, 0) is 43.5 Å². The van der Waals surface area contributed by atoms with Crippen molar-refractivity contribution in [3.8, 4) is 0 Å². The van der Waals surface area contributed by atoms with Crippen molar-refractivity contribution >= 4 is 28.6 Å². The van der Waals surface area contributed by atoms with E-state index in [1.807, 2.05) is 30.0 Å². The Balaban J connectivity index is 1.64.